The maximum absolute atomic E-state index is 11.9. The number of carbonyl (C=O) groups is 2. The van der Waals surface area contributed by atoms with E-state index >= 15 is 0 Å². The molecule has 3 N–H and O–H groups in total. The quantitative estimate of drug-likeness (QED) is 0.642. The average Bonchev–Trinajstić information content (AvgIpc) is 2.46. The van der Waals surface area contributed by atoms with Gasteiger partial charge in [0, 0.05) is 32.4 Å². The highest BCUT2D eigenvalue weighted by Crippen LogP contribution is 2.09. The van der Waals surface area contributed by atoms with Crippen molar-refractivity contribution in [1.29, 1.82) is 0 Å². The largest absolute Gasteiger partial charge is 0.477 e. The molecule has 0 aliphatic carbocycles. The van der Waals surface area contributed by atoms with E-state index in [1.54, 1.807) is 4.90 Å². The van der Waals surface area contributed by atoms with Gasteiger partial charge in [-0.05, 0) is 0 Å². The molecule has 0 bridgehead atoms. The molecule has 1 saturated heterocycles. The standard InChI is InChI=1S/C11H15N5O3/c17-9(16-3-1-12-2-4-16)6-14-10-8(11(18)19)5-13-7-15-10/h5,7,12H,1-4,6H2,(H,18,19)(H,13,14,15). The third-order valence-electron chi connectivity index (χ3n) is 2.82. The summed E-state index contributed by atoms with van der Waals surface area (Å²) >= 11 is 0. The van der Waals surface area contributed by atoms with Gasteiger partial charge in [-0.25, -0.2) is 14.8 Å². The predicted octanol–water partition coefficient (Wildman–Crippen LogP) is -0.981. The van der Waals surface area contributed by atoms with Crippen molar-refractivity contribution < 1.29 is 14.7 Å². The van der Waals surface area contributed by atoms with Crippen molar-refractivity contribution in [2.24, 2.45) is 0 Å². The van der Waals surface area contributed by atoms with Gasteiger partial charge < -0.3 is 20.6 Å². The fourth-order valence-corrected chi connectivity index (χ4v) is 1.81. The summed E-state index contributed by atoms with van der Waals surface area (Å²) in [7, 11) is 0. The highest BCUT2D eigenvalue weighted by Gasteiger charge is 2.17. The Balaban J connectivity index is 1.94. The smallest absolute Gasteiger partial charge is 0.341 e. The lowest BCUT2D eigenvalue weighted by Crippen LogP contribution is -2.48. The van der Waals surface area contributed by atoms with E-state index in [1.807, 2.05) is 0 Å². The minimum Gasteiger partial charge on any atom is -0.477 e. The number of hydrogen-bond donors (Lipinski definition) is 3. The Bertz CT molecular complexity index is 473. The van der Waals surface area contributed by atoms with E-state index in [1.165, 1.54) is 12.5 Å². The van der Waals surface area contributed by atoms with Crippen molar-refractivity contribution in [1.82, 2.24) is 20.2 Å². The van der Waals surface area contributed by atoms with Gasteiger partial charge in [0.05, 0.1) is 6.54 Å². The Morgan fingerprint density at radius 1 is 1.42 bits per heavy atom. The topological polar surface area (TPSA) is 107 Å². The molecule has 0 saturated carbocycles. The Kier molecular flexibility index (Phi) is 4.24. The fraction of sp³-hybridized carbons (Fsp3) is 0.455. The van der Waals surface area contributed by atoms with Crippen molar-refractivity contribution in [3.63, 3.8) is 0 Å². The van der Waals surface area contributed by atoms with Crippen LogP contribution < -0.4 is 10.6 Å². The molecule has 0 unspecified atom stereocenters. The molecule has 1 aromatic rings. The van der Waals surface area contributed by atoms with Gasteiger partial charge in [-0.3, -0.25) is 4.79 Å². The zero-order valence-corrected chi connectivity index (χ0v) is 10.3. The Morgan fingerprint density at radius 3 is 2.84 bits per heavy atom. The first-order valence-corrected chi connectivity index (χ1v) is 5.94. The van der Waals surface area contributed by atoms with Crippen molar-refractivity contribution in [2.75, 3.05) is 38.0 Å². The maximum atomic E-state index is 11.9. The first-order valence-electron chi connectivity index (χ1n) is 5.94. The van der Waals surface area contributed by atoms with Crippen LogP contribution in [0.15, 0.2) is 12.5 Å². The molecule has 0 aromatic carbocycles. The summed E-state index contributed by atoms with van der Waals surface area (Å²) < 4.78 is 0. The molecular weight excluding hydrogens is 250 g/mol. The van der Waals surface area contributed by atoms with E-state index < -0.39 is 5.97 Å². The molecule has 1 aliphatic heterocycles. The van der Waals surface area contributed by atoms with Crippen LogP contribution in [0.5, 0.6) is 0 Å². The molecule has 19 heavy (non-hydrogen) atoms. The number of carboxylic acid groups (broad SMARTS) is 1. The zero-order valence-electron chi connectivity index (χ0n) is 10.3. The van der Waals surface area contributed by atoms with Crippen LogP contribution in [-0.4, -0.2) is 64.6 Å². The first-order chi connectivity index (χ1) is 9.18. The summed E-state index contributed by atoms with van der Waals surface area (Å²) in [4.78, 5) is 32.0. The highest BCUT2D eigenvalue weighted by molar-refractivity contribution is 5.93. The van der Waals surface area contributed by atoms with Gasteiger partial charge in [0.15, 0.2) is 0 Å². The van der Waals surface area contributed by atoms with E-state index in [4.69, 9.17) is 5.11 Å². The number of carboxylic acids is 1. The second-order valence-electron chi connectivity index (χ2n) is 4.07. The lowest BCUT2D eigenvalue weighted by Gasteiger charge is -2.27. The molecule has 0 spiro atoms. The summed E-state index contributed by atoms with van der Waals surface area (Å²) in [5.41, 5.74) is -0.0457. The Hall–Kier alpha value is -2.22. The van der Waals surface area contributed by atoms with Gasteiger partial charge >= 0.3 is 5.97 Å². The summed E-state index contributed by atoms with van der Waals surface area (Å²) in [5, 5.41) is 14.9. The van der Waals surface area contributed by atoms with Crippen LogP contribution in [0.1, 0.15) is 10.4 Å². The average molecular weight is 265 g/mol. The van der Waals surface area contributed by atoms with Crippen molar-refractivity contribution >= 4 is 17.7 Å². The Morgan fingerprint density at radius 2 is 2.16 bits per heavy atom. The second kappa shape index (κ2) is 6.10. The van der Waals surface area contributed by atoms with E-state index in [9.17, 15) is 9.59 Å². The van der Waals surface area contributed by atoms with Crippen molar-refractivity contribution in [2.45, 2.75) is 0 Å². The number of aromatic nitrogens is 2. The molecule has 8 heteroatoms. The monoisotopic (exact) mass is 265 g/mol. The first kappa shape index (κ1) is 13.2. The molecule has 0 atom stereocenters. The zero-order chi connectivity index (χ0) is 13.7. The molecule has 1 aromatic heterocycles. The normalized spacial score (nSPS) is 15.1. The maximum Gasteiger partial charge on any atom is 0.341 e. The van der Waals surface area contributed by atoms with E-state index in [2.05, 4.69) is 20.6 Å². The summed E-state index contributed by atoms with van der Waals surface area (Å²) in [5.74, 6) is -1.04. The number of rotatable bonds is 4. The number of amides is 1. The van der Waals surface area contributed by atoms with E-state index in [-0.39, 0.29) is 23.8 Å². The highest BCUT2D eigenvalue weighted by atomic mass is 16.4. The minimum atomic E-state index is -1.13. The third-order valence-corrected chi connectivity index (χ3v) is 2.82. The minimum absolute atomic E-state index is 0.0251. The predicted molar refractivity (Wildman–Crippen MR) is 66.9 cm³/mol. The molecule has 1 aliphatic rings. The Labute approximate surface area is 109 Å². The molecular formula is C11H15N5O3. The van der Waals surface area contributed by atoms with Gasteiger partial charge in [0.2, 0.25) is 5.91 Å². The molecule has 102 valence electrons. The van der Waals surface area contributed by atoms with Gasteiger partial charge in [-0.1, -0.05) is 0 Å². The summed E-state index contributed by atoms with van der Waals surface area (Å²) in [6.45, 7) is 2.91. The summed E-state index contributed by atoms with van der Waals surface area (Å²) in [6.07, 6.45) is 2.44. The van der Waals surface area contributed by atoms with Gasteiger partial charge in [0.1, 0.15) is 17.7 Å². The number of piperazine rings is 1. The van der Waals surface area contributed by atoms with Crippen LogP contribution >= 0.6 is 0 Å². The van der Waals surface area contributed by atoms with Crippen LogP contribution in [0.2, 0.25) is 0 Å². The SMILES string of the molecule is O=C(O)c1cncnc1NCC(=O)N1CCNCC1. The van der Waals surface area contributed by atoms with Crippen LogP contribution in [-0.2, 0) is 4.79 Å². The van der Waals surface area contributed by atoms with E-state index in [0.717, 1.165) is 13.1 Å². The lowest BCUT2D eigenvalue weighted by molar-refractivity contribution is -0.129. The number of hydrogen-bond acceptors (Lipinski definition) is 6. The molecule has 0 radical (unpaired) electrons. The molecule has 1 fully saturated rings. The van der Waals surface area contributed by atoms with Gasteiger partial charge in [0.25, 0.3) is 0 Å². The molecule has 1 amide bonds. The molecule has 2 heterocycles. The summed E-state index contributed by atoms with van der Waals surface area (Å²) in [6, 6.07) is 0. The fourth-order valence-electron chi connectivity index (χ4n) is 1.81. The van der Waals surface area contributed by atoms with Crippen LogP contribution in [0.3, 0.4) is 0 Å². The van der Waals surface area contributed by atoms with Crippen LogP contribution in [0.25, 0.3) is 0 Å². The lowest BCUT2D eigenvalue weighted by atomic mass is 10.3. The van der Waals surface area contributed by atoms with Crippen molar-refractivity contribution in [3.05, 3.63) is 18.1 Å². The number of aromatic carboxylic acids is 1. The molecule has 2 rings (SSSR count). The number of nitrogens with zero attached hydrogens (tertiary/aromatic N) is 3. The molecule has 8 nitrogen and oxygen atoms in total. The second-order valence-corrected chi connectivity index (χ2v) is 4.07. The number of carbonyl (C=O) groups excluding carboxylic acids is 1. The van der Waals surface area contributed by atoms with Crippen LogP contribution in [0.4, 0.5) is 5.82 Å². The number of nitrogens with one attached hydrogen (secondary N) is 2. The van der Waals surface area contributed by atoms with Gasteiger partial charge in [-0.2, -0.15) is 0 Å². The van der Waals surface area contributed by atoms with Gasteiger partial charge in [-0.15, -0.1) is 0 Å². The van der Waals surface area contributed by atoms with E-state index in [0.29, 0.717) is 13.1 Å². The number of anilines is 1. The third kappa shape index (κ3) is 3.38. The van der Waals surface area contributed by atoms with Crippen molar-refractivity contribution in [3.8, 4) is 0 Å². The van der Waals surface area contributed by atoms with Crippen LogP contribution in [0, 0.1) is 0 Å².